The summed E-state index contributed by atoms with van der Waals surface area (Å²) >= 11 is 0. The van der Waals surface area contributed by atoms with Crippen molar-refractivity contribution in [3.63, 3.8) is 0 Å². The van der Waals surface area contributed by atoms with Crippen LogP contribution in [-0.4, -0.2) is 27.2 Å². The summed E-state index contributed by atoms with van der Waals surface area (Å²) < 4.78 is 30.5. The summed E-state index contributed by atoms with van der Waals surface area (Å²) in [7, 11) is 1.76. The van der Waals surface area contributed by atoms with Gasteiger partial charge in [-0.25, -0.2) is 18.6 Å². The maximum absolute atomic E-state index is 14.4. The Morgan fingerprint density at radius 2 is 1.84 bits per heavy atom. The fourth-order valence-corrected chi connectivity index (χ4v) is 5.29. The largest absolute Gasteiger partial charge is 0.477 e. The number of hydrogen-bond donors (Lipinski definition) is 1. The molecule has 2 aromatic heterocycles. The molecule has 0 saturated carbocycles. The molecule has 0 spiro atoms. The quantitative estimate of drug-likeness (QED) is 0.317. The first kappa shape index (κ1) is 25.6. The summed E-state index contributed by atoms with van der Waals surface area (Å²) in [6.45, 7) is 6.62. The fraction of sp³-hybridized carbons (Fsp3) is 0.300. The third-order valence-corrected chi connectivity index (χ3v) is 7.38. The Hall–Kier alpha value is -4.07. The summed E-state index contributed by atoms with van der Waals surface area (Å²) in [4.78, 5) is 30.0. The van der Waals surface area contributed by atoms with Crippen molar-refractivity contribution >= 4 is 28.2 Å². The van der Waals surface area contributed by atoms with Gasteiger partial charge in [-0.15, -0.1) is 0 Å². The van der Waals surface area contributed by atoms with Crippen LogP contribution >= 0.6 is 0 Å². The van der Waals surface area contributed by atoms with E-state index in [2.05, 4.69) is 29.8 Å². The number of aryl methyl sites for hydroxylation is 3. The van der Waals surface area contributed by atoms with Gasteiger partial charge in [0.25, 0.3) is 12.0 Å². The van der Waals surface area contributed by atoms with Crippen LogP contribution in [0.5, 0.6) is 0 Å². The zero-order valence-corrected chi connectivity index (χ0v) is 21.8. The molecular formula is C30H29F2N3O3. The van der Waals surface area contributed by atoms with E-state index in [4.69, 9.17) is 5.11 Å². The van der Waals surface area contributed by atoms with Gasteiger partial charge < -0.3 is 14.6 Å². The number of carbonyl (C=O) groups is 1. The molecule has 2 aromatic carbocycles. The Morgan fingerprint density at radius 1 is 1.08 bits per heavy atom. The highest BCUT2D eigenvalue weighted by molar-refractivity contribution is 5.96. The van der Waals surface area contributed by atoms with E-state index in [1.807, 2.05) is 12.1 Å². The molecule has 0 aliphatic carbocycles. The van der Waals surface area contributed by atoms with Crippen LogP contribution in [0.4, 0.5) is 20.2 Å². The average molecular weight is 518 g/mol. The van der Waals surface area contributed by atoms with Crippen LogP contribution in [0.1, 0.15) is 65.4 Å². The predicted octanol–water partition coefficient (Wildman–Crippen LogP) is 6.75. The van der Waals surface area contributed by atoms with Crippen LogP contribution in [0.2, 0.25) is 0 Å². The number of pyridine rings is 2. The maximum Gasteiger partial charge on any atom is 0.354 e. The molecule has 0 fully saturated rings. The van der Waals surface area contributed by atoms with Crippen molar-refractivity contribution in [1.29, 1.82) is 0 Å². The number of carboxylic acids is 1. The SMILES string of the molecule is Cc1cc2c(N3CCCc4cc(-c5ccc(C(=O)O)nc5)c(C(F)F)cc43)cc(C(C)C)cc2n(C)c1=O. The third-order valence-electron chi connectivity index (χ3n) is 7.38. The molecule has 0 saturated heterocycles. The number of benzene rings is 2. The summed E-state index contributed by atoms with van der Waals surface area (Å²) in [6.07, 6.45) is 0.151. The minimum absolute atomic E-state index is 0.0597. The van der Waals surface area contributed by atoms with Gasteiger partial charge in [0.15, 0.2) is 0 Å². The molecule has 196 valence electrons. The molecule has 0 amide bonds. The van der Waals surface area contributed by atoms with E-state index in [1.54, 1.807) is 30.7 Å². The number of aromatic carboxylic acids is 1. The molecule has 0 radical (unpaired) electrons. The zero-order valence-electron chi connectivity index (χ0n) is 21.8. The van der Waals surface area contributed by atoms with Crippen molar-refractivity contribution in [3.8, 4) is 11.1 Å². The maximum atomic E-state index is 14.4. The summed E-state index contributed by atoms with van der Waals surface area (Å²) in [6, 6.07) is 12.2. The minimum atomic E-state index is -2.74. The van der Waals surface area contributed by atoms with Crippen LogP contribution < -0.4 is 10.5 Å². The van der Waals surface area contributed by atoms with Crippen LogP contribution in [0, 0.1) is 6.92 Å². The summed E-state index contributed by atoms with van der Waals surface area (Å²) in [5, 5.41) is 10.1. The van der Waals surface area contributed by atoms with Gasteiger partial charge in [0.1, 0.15) is 5.69 Å². The highest BCUT2D eigenvalue weighted by Gasteiger charge is 2.26. The van der Waals surface area contributed by atoms with E-state index in [0.717, 1.165) is 46.2 Å². The topological polar surface area (TPSA) is 75.4 Å². The van der Waals surface area contributed by atoms with E-state index in [1.165, 1.54) is 18.3 Å². The number of carboxylic acid groups (broad SMARTS) is 1. The van der Waals surface area contributed by atoms with E-state index < -0.39 is 12.4 Å². The van der Waals surface area contributed by atoms with Crippen LogP contribution in [0.3, 0.4) is 0 Å². The molecular weight excluding hydrogens is 488 g/mol. The van der Waals surface area contributed by atoms with E-state index in [9.17, 15) is 18.4 Å². The number of nitrogens with zero attached hydrogens (tertiary/aromatic N) is 3. The van der Waals surface area contributed by atoms with E-state index in [0.29, 0.717) is 23.2 Å². The van der Waals surface area contributed by atoms with Gasteiger partial charge in [0.2, 0.25) is 0 Å². The zero-order chi connectivity index (χ0) is 27.3. The second kappa shape index (κ2) is 9.67. The Bertz CT molecular complexity index is 1630. The Balaban J connectivity index is 1.73. The van der Waals surface area contributed by atoms with Gasteiger partial charge in [0.05, 0.1) is 11.2 Å². The van der Waals surface area contributed by atoms with Crippen LogP contribution in [0.15, 0.2) is 53.5 Å². The molecule has 1 N–H and O–H groups in total. The van der Waals surface area contributed by atoms with Gasteiger partial charge in [-0.1, -0.05) is 19.9 Å². The fourth-order valence-electron chi connectivity index (χ4n) is 5.29. The Labute approximate surface area is 219 Å². The van der Waals surface area contributed by atoms with Crippen molar-refractivity contribution in [3.05, 3.63) is 87.0 Å². The average Bonchev–Trinajstić information content (AvgIpc) is 2.90. The van der Waals surface area contributed by atoms with Crippen LogP contribution in [0.25, 0.3) is 22.0 Å². The second-order valence-corrected chi connectivity index (χ2v) is 10.2. The smallest absolute Gasteiger partial charge is 0.354 e. The highest BCUT2D eigenvalue weighted by Crippen LogP contribution is 2.43. The Kier molecular flexibility index (Phi) is 6.51. The number of alkyl halides is 2. The molecule has 1 aliphatic heterocycles. The molecule has 0 bridgehead atoms. The number of rotatable bonds is 5. The molecule has 0 atom stereocenters. The van der Waals surface area contributed by atoms with Gasteiger partial charge in [-0.2, -0.15) is 0 Å². The summed E-state index contributed by atoms with van der Waals surface area (Å²) in [5.74, 6) is -0.964. The lowest BCUT2D eigenvalue weighted by Gasteiger charge is -2.34. The monoisotopic (exact) mass is 517 g/mol. The molecule has 0 unspecified atom stereocenters. The molecule has 1 aliphatic rings. The highest BCUT2D eigenvalue weighted by atomic mass is 19.3. The molecule has 4 aromatic rings. The lowest BCUT2D eigenvalue weighted by atomic mass is 9.91. The minimum Gasteiger partial charge on any atom is -0.477 e. The van der Waals surface area contributed by atoms with Gasteiger partial charge >= 0.3 is 5.97 Å². The number of aromatic nitrogens is 2. The van der Waals surface area contributed by atoms with Gasteiger partial charge in [0, 0.05) is 47.6 Å². The van der Waals surface area contributed by atoms with Crippen molar-refractivity contribution in [2.24, 2.45) is 7.05 Å². The first-order valence-electron chi connectivity index (χ1n) is 12.6. The van der Waals surface area contributed by atoms with Crippen molar-refractivity contribution < 1.29 is 18.7 Å². The van der Waals surface area contributed by atoms with Crippen LogP contribution in [-0.2, 0) is 13.5 Å². The molecule has 38 heavy (non-hydrogen) atoms. The Morgan fingerprint density at radius 3 is 2.47 bits per heavy atom. The van der Waals surface area contributed by atoms with Crippen molar-refractivity contribution in [2.45, 2.75) is 46.0 Å². The summed E-state index contributed by atoms with van der Waals surface area (Å²) in [5.41, 5.74) is 5.51. The van der Waals surface area contributed by atoms with E-state index >= 15 is 0 Å². The number of halogens is 2. The first-order chi connectivity index (χ1) is 18.1. The van der Waals surface area contributed by atoms with Crippen molar-refractivity contribution in [2.75, 3.05) is 11.4 Å². The third kappa shape index (κ3) is 4.34. The van der Waals surface area contributed by atoms with Gasteiger partial charge in [-0.3, -0.25) is 4.79 Å². The number of fused-ring (bicyclic) bond motifs is 2. The van der Waals surface area contributed by atoms with Gasteiger partial charge in [-0.05, 0) is 78.8 Å². The molecule has 6 nitrogen and oxygen atoms in total. The van der Waals surface area contributed by atoms with E-state index in [-0.39, 0.29) is 22.7 Å². The standard InChI is InChI=1S/C30H29F2N3O3/c1-16(2)20-12-26-23(10-17(3)29(36)34(26)4)27(13-20)35-9-5-6-18-11-21(22(28(31)32)14-25(18)35)19-7-8-24(30(37)38)33-15-19/h7-8,10-16,28H,5-6,9H2,1-4H3,(H,37,38). The predicted molar refractivity (Wildman–Crippen MR) is 145 cm³/mol. The molecule has 8 heteroatoms. The second-order valence-electron chi connectivity index (χ2n) is 10.2. The normalized spacial score (nSPS) is 13.4. The number of hydrogen-bond acceptors (Lipinski definition) is 4. The lowest BCUT2D eigenvalue weighted by molar-refractivity contribution is 0.0690. The number of anilines is 2. The lowest BCUT2D eigenvalue weighted by Crippen LogP contribution is -2.26. The molecule has 5 rings (SSSR count). The molecule has 3 heterocycles. The van der Waals surface area contributed by atoms with Crippen molar-refractivity contribution in [1.82, 2.24) is 9.55 Å². The first-order valence-corrected chi connectivity index (χ1v) is 12.6.